The Labute approximate surface area is 118 Å². The minimum atomic E-state index is -0.236. The van der Waals surface area contributed by atoms with Crippen LogP contribution in [0.1, 0.15) is 18.1 Å². The van der Waals surface area contributed by atoms with E-state index in [9.17, 15) is 4.79 Å². The Bertz CT molecular complexity index is 503. The van der Waals surface area contributed by atoms with Crippen molar-refractivity contribution in [3.63, 3.8) is 0 Å². The number of carbonyl (C=O) groups is 1. The fourth-order valence-corrected chi connectivity index (χ4v) is 4.95. The van der Waals surface area contributed by atoms with E-state index in [-0.39, 0.29) is 20.9 Å². The zero-order valence-electron chi connectivity index (χ0n) is 10.3. The second-order valence-electron chi connectivity index (χ2n) is 3.78. The van der Waals surface area contributed by atoms with Gasteiger partial charge < -0.3 is 0 Å². The van der Waals surface area contributed by atoms with Crippen LogP contribution in [0.5, 0.6) is 0 Å². The van der Waals surface area contributed by atoms with Crippen LogP contribution in [0, 0.1) is 6.92 Å². The van der Waals surface area contributed by atoms with Crippen molar-refractivity contribution in [3.8, 4) is 0 Å². The SMILES string of the molecule is CCOC(=O)/C=C1/SC(c2ccc(C)cc2)=C[Se]1. The molecule has 94 valence electrons. The third kappa shape index (κ3) is 3.52. The number of ether oxygens (including phenoxy) is 1. The van der Waals surface area contributed by atoms with Gasteiger partial charge in [-0.05, 0) is 0 Å². The van der Waals surface area contributed by atoms with E-state index in [1.54, 1.807) is 17.8 Å². The van der Waals surface area contributed by atoms with E-state index in [4.69, 9.17) is 4.74 Å². The fraction of sp³-hybridized carbons (Fsp3) is 0.214. The van der Waals surface area contributed by atoms with Gasteiger partial charge in [0.05, 0.1) is 0 Å². The topological polar surface area (TPSA) is 26.3 Å². The monoisotopic (exact) mass is 326 g/mol. The van der Waals surface area contributed by atoms with Gasteiger partial charge in [0.2, 0.25) is 0 Å². The van der Waals surface area contributed by atoms with Gasteiger partial charge in [0, 0.05) is 0 Å². The van der Waals surface area contributed by atoms with Gasteiger partial charge in [-0.25, -0.2) is 0 Å². The number of rotatable bonds is 3. The number of carbonyl (C=O) groups excluding carboxylic acids is 1. The maximum absolute atomic E-state index is 11.4. The molecule has 0 spiro atoms. The van der Waals surface area contributed by atoms with Crippen molar-refractivity contribution >= 4 is 37.6 Å². The molecule has 0 saturated carbocycles. The molecular weight excluding hydrogens is 311 g/mol. The van der Waals surface area contributed by atoms with Crippen LogP contribution >= 0.6 is 11.8 Å². The molecule has 0 radical (unpaired) electrons. The van der Waals surface area contributed by atoms with Gasteiger partial charge in [-0.15, -0.1) is 0 Å². The first-order valence-corrected chi connectivity index (χ1v) is 8.35. The van der Waals surface area contributed by atoms with Gasteiger partial charge >= 0.3 is 118 Å². The van der Waals surface area contributed by atoms with Crippen molar-refractivity contribution in [1.29, 1.82) is 0 Å². The first-order valence-electron chi connectivity index (χ1n) is 5.69. The zero-order chi connectivity index (χ0) is 13.0. The number of esters is 1. The molecule has 0 fully saturated rings. The summed E-state index contributed by atoms with van der Waals surface area (Å²) in [7, 11) is 0. The second kappa shape index (κ2) is 6.28. The molecule has 2 nitrogen and oxygen atoms in total. The molecule has 18 heavy (non-hydrogen) atoms. The maximum atomic E-state index is 11.4. The van der Waals surface area contributed by atoms with Crippen LogP contribution < -0.4 is 0 Å². The zero-order valence-corrected chi connectivity index (χ0v) is 12.8. The Balaban J connectivity index is 2.03. The van der Waals surface area contributed by atoms with Crippen LogP contribution in [-0.2, 0) is 9.53 Å². The van der Waals surface area contributed by atoms with Gasteiger partial charge in [-0.2, -0.15) is 0 Å². The molecule has 0 aromatic heterocycles. The van der Waals surface area contributed by atoms with Crippen molar-refractivity contribution < 1.29 is 9.53 Å². The molecule has 0 bridgehead atoms. The van der Waals surface area contributed by atoms with Crippen LogP contribution in [0.25, 0.3) is 4.91 Å². The minimum absolute atomic E-state index is 0.236. The normalized spacial score (nSPS) is 16.8. The summed E-state index contributed by atoms with van der Waals surface area (Å²) in [5.41, 5.74) is 2.48. The van der Waals surface area contributed by atoms with E-state index < -0.39 is 0 Å². The van der Waals surface area contributed by atoms with Gasteiger partial charge in [0.25, 0.3) is 0 Å². The molecule has 0 aliphatic carbocycles. The summed E-state index contributed by atoms with van der Waals surface area (Å²) in [5, 5.41) is 0. The first-order chi connectivity index (χ1) is 8.69. The molecule has 1 aliphatic rings. The van der Waals surface area contributed by atoms with Crippen molar-refractivity contribution in [2.45, 2.75) is 13.8 Å². The molecule has 1 aromatic carbocycles. The number of hydrogen-bond donors (Lipinski definition) is 0. The molecule has 0 N–H and O–H groups in total. The van der Waals surface area contributed by atoms with Crippen LogP contribution in [0.2, 0.25) is 0 Å². The van der Waals surface area contributed by atoms with Crippen molar-refractivity contribution in [2.24, 2.45) is 0 Å². The summed E-state index contributed by atoms with van der Waals surface area (Å²) in [5.74, 6) is -0.236. The van der Waals surface area contributed by atoms with Gasteiger partial charge in [-0.3, -0.25) is 0 Å². The van der Waals surface area contributed by atoms with Crippen molar-refractivity contribution in [2.75, 3.05) is 6.61 Å². The van der Waals surface area contributed by atoms with E-state index in [2.05, 4.69) is 36.2 Å². The Hall–Kier alpha value is -0.961. The Kier molecular flexibility index (Phi) is 4.70. The van der Waals surface area contributed by atoms with Gasteiger partial charge in [-0.1, -0.05) is 0 Å². The quantitative estimate of drug-likeness (QED) is 0.485. The third-order valence-corrected chi connectivity index (χ3v) is 6.08. The van der Waals surface area contributed by atoms with Crippen LogP contribution in [0.15, 0.2) is 39.1 Å². The summed E-state index contributed by atoms with van der Waals surface area (Å²) < 4.78 is 6.03. The molecule has 0 unspecified atom stereocenters. The molecule has 2 rings (SSSR count). The Morgan fingerprint density at radius 1 is 1.39 bits per heavy atom. The number of hydrogen-bond acceptors (Lipinski definition) is 3. The summed E-state index contributed by atoms with van der Waals surface area (Å²) in [4.78, 5) is 14.8. The Morgan fingerprint density at radius 3 is 2.78 bits per heavy atom. The van der Waals surface area contributed by atoms with E-state index in [1.807, 2.05) is 6.92 Å². The molecular formula is C14H14O2SSe. The fourth-order valence-electron chi connectivity index (χ4n) is 1.46. The molecule has 4 heteroatoms. The second-order valence-corrected chi connectivity index (χ2v) is 7.36. The van der Waals surface area contributed by atoms with E-state index >= 15 is 0 Å². The van der Waals surface area contributed by atoms with Crippen LogP contribution in [0.3, 0.4) is 0 Å². The standard InChI is InChI=1S/C14H14O2SSe/c1-3-16-13(15)8-14-17-12(9-18-14)11-6-4-10(2)5-7-11/h4-9H,3H2,1-2H3/b14-8-. The van der Waals surface area contributed by atoms with E-state index in [0.717, 1.165) is 3.80 Å². The van der Waals surface area contributed by atoms with Crippen molar-refractivity contribution in [1.82, 2.24) is 0 Å². The summed E-state index contributed by atoms with van der Waals surface area (Å²) >= 11 is 1.92. The molecule has 0 saturated heterocycles. The predicted octanol–water partition coefficient (Wildman–Crippen LogP) is 3.15. The van der Waals surface area contributed by atoms with Gasteiger partial charge in [0.15, 0.2) is 0 Å². The predicted molar refractivity (Wildman–Crippen MR) is 77.2 cm³/mol. The average Bonchev–Trinajstić information content (AvgIpc) is 2.78. The number of benzene rings is 1. The summed E-state index contributed by atoms with van der Waals surface area (Å²) in [6, 6.07) is 8.46. The summed E-state index contributed by atoms with van der Waals surface area (Å²) in [6.45, 7) is 4.33. The number of thioether (sulfide) groups is 1. The first kappa shape index (κ1) is 13.5. The summed E-state index contributed by atoms with van der Waals surface area (Å²) in [6.07, 6.45) is 1.62. The molecule has 1 aliphatic heterocycles. The van der Waals surface area contributed by atoms with Crippen molar-refractivity contribution in [3.05, 3.63) is 50.2 Å². The van der Waals surface area contributed by atoms with Crippen LogP contribution in [0.4, 0.5) is 0 Å². The Morgan fingerprint density at radius 2 is 2.11 bits per heavy atom. The third-order valence-electron chi connectivity index (χ3n) is 2.35. The molecule has 0 atom stereocenters. The average molecular weight is 325 g/mol. The molecule has 1 heterocycles. The van der Waals surface area contributed by atoms with E-state index in [0.29, 0.717) is 6.61 Å². The van der Waals surface area contributed by atoms with E-state index in [1.165, 1.54) is 16.0 Å². The molecule has 0 amide bonds. The number of aryl methyl sites for hydroxylation is 1. The molecule has 1 aromatic rings. The van der Waals surface area contributed by atoms with Gasteiger partial charge in [0.1, 0.15) is 0 Å². The van der Waals surface area contributed by atoms with Crippen LogP contribution in [-0.4, -0.2) is 27.5 Å².